The molecule has 2 N–H and O–H groups in total. The SMILES string of the molecule is CC(C#N)CN(C)C(N)=NC(C)(C)C. The van der Waals surface area contributed by atoms with Gasteiger partial charge in [-0.25, -0.2) is 4.99 Å². The van der Waals surface area contributed by atoms with Gasteiger partial charge < -0.3 is 10.6 Å². The van der Waals surface area contributed by atoms with Crippen molar-refractivity contribution in [2.24, 2.45) is 16.6 Å². The molecular formula is C10H20N4. The summed E-state index contributed by atoms with van der Waals surface area (Å²) in [5, 5.41) is 8.64. The predicted molar refractivity (Wildman–Crippen MR) is 58.8 cm³/mol. The van der Waals surface area contributed by atoms with Crippen LogP contribution in [0.1, 0.15) is 27.7 Å². The predicted octanol–water partition coefficient (Wildman–Crippen LogP) is 1.19. The molecule has 0 amide bonds. The second kappa shape index (κ2) is 4.85. The molecule has 0 fully saturated rings. The molecule has 4 nitrogen and oxygen atoms in total. The number of rotatable bonds is 2. The van der Waals surface area contributed by atoms with Gasteiger partial charge in [0.1, 0.15) is 0 Å². The zero-order valence-corrected chi connectivity index (χ0v) is 9.70. The molecule has 0 heterocycles. The second-order valence-electron chi connectivity index (χ2n) is 4.55. The number of aliphatic imine (C=N–C) groups is 1. The first kappa shape index (κ1) is 12.8. The topological polar surface area (TPSA) is 65.4 Å². The fraction of sp³-hybridized carbons (Fsp3) is 0.800. The molecule has 0 aromatic rings. The van der Waals surface area contributed by atoms with Gasteiger partial charge in [-0.2, -0.15) is 5.26 Å². The minimum absolute atomic E-state index is 0.0336. The van der Waals surface area contributed by atoms with Crippen molar-refractivity contribution >= 4 is 5.96 Å². The molecule has 0 aromatic carbocycles. The van der Waals surface area contributed by atoms with Crippen LogP contribution in [-0.4, -0.2) is 30.0 Å². The van der Waals surface area contributed by atoms with Gasteiger partial charge in [-0.15, -0.1) is 0 Å². The van der Waals surface area contributed by atoms with E-state index in [1.54, 1.807) is 4.90 Å². The summed E-state index contributed by atoms with van der Waals surface area (Å²) in [5.74, 6) is 0.452. The highest BCUT2D eigenvalue weighted by molar-refractivity contribution is 5.78. The van der Waals surface area contributed by atoms with E-state index in [4.69, 9.17) is 11.0 Å². The van der Waals surface area contributed by atoms with Crippen molar-refractivity contribution in [1.29, 1.82) is 5.26 Å². The van der Waals surface area contributed by atoms with E-state index >= 15 is 0 Å². The van der Waals surface area contributed by atoms with Crippen LogP contribution in [0.2, 0.25) is 0 Å². The van der Waals surface area contributed by atoms with E-state index < -0.39 is 0 Å². The van der Waals surface area contributed by atoms with Crippen LogP contribution < -0.4 is 5.73 Å². The Balaban J connectivity index is 4.34. The third-order valence-corrected chi connectivity index (χ3v) is 1.61. The first-order valence-electron chi connectivity index (χ1n) is 4.72. The molecule has 0 radical (unpaired) electrons. The number of hydrogen-bond acceptors (Lipinski definition) is 2. The molecule has 4 heteroatoms. The van der Waals surface area contributed by atoms with Crippen molar-refractivity contribution < 1.29 is 0 Å². The normalized spacial score (nSPS) is 14.7. The average Bonchev–Trinajstić information content (AvgIpc) is 2.00. The van der Waals surface area contributed by atoms with Crippen molar-refractivity contribution in [3.8, 4) is 6.07 Å². The van der Waals surface area contributed by atoms with Gasteiger partial charge >= 0.3 is 0 Å². The van der Waals surface area contributed by atoms with E-state index in [9.17, 15) is 0 Å². The third kappa shape index (κ3) is 5.41. The van der Waals surface area contributed by atoms with Gasteiger partial charge in [-0.1, -0.05) is 0 Å². The van der Waals surface area contributed by atoms with Crippen LogP contribution in [0.5, 0.6) is 0 Å². The molecule has 0 aliphatic carbocycles. The average molecular weight is 196 g/mol. The molecule has 0 rings (SSSR count). The molecule has 80 valence electrons. The lowest BCUT2D eigenvalue weighted by Gasteiger charge is -2.22. The van der Waals surface area contributed by atoms with Crippen LogP contribution in [0, 0.1) is 17.2 Å². The van der Waals surface area contributed by atoms with E-state index in [1.807, 2.05) is 34.7 Å². The number of hydrogen-bond donors (Lipinski definition) is 1. The highest BCUT2D eigenvalue weighted by Crippen LogP contribution is 2.07. The highest BCUT2D eigenvalue weighted by atomic mass is 15.2. The number of nitrogens with two attached hydrogens (primary N) is 1. The van der Waals surface area contributed by atoms with Gasteiger partial charge in [0.15, 0.2) is 5.96 Å². The summed E-state index contributed by atoms with van der Waals surface area (Å²) in [7, 11) is 1.85. The first-order chi connectivity index (χ1) is 6.26. The highest BCUT2D eigenvalue weighted by Gasteiger charge is 2.12. The van der Waals surface area contributed by atoms with Crippen LogP contribution in [0.25, 0.3) is 0 Å². The molecule has 1 atom stereocenters. The minimum atomic E-state index is -0.172. The molecule has 0 spiro atoms. The van der Waals surface area contributed by atoms with E-state index in [0.717, 1.165) is 0 Å². The lowest BCUT2D eigenvalue weighted by molar-refractivity contribution is 0.439. The van der Waals surface area contributed by atoms with Crippen LogP contribution in [0.15, 0.2) is 4.99 Å². The molecular weight excluding hydrogens is 176 g/mol. The Labute approximate surface area is 86.4 Å². The lowest BCUT2D eigenvalue weighted by atomic mass is 10.1. The summed E-state index contributed by atoms with van der Waals surface area (Å²) in [6.07, 6.45) is 0. The van der Waals surface area contributed by atoms with E-state index in [1.165, 1.54) is 0 Å². The largest absolute Gasteiger partial charge is 0.370 e. The molecule has 0 saturated carbocycles. The van der Waals surface area contributed by atoms with Crippen molar-refractivity contribution in [2.45, 2.75) is 33.2 Å². The maximum Gasteiger partial charge on any atom is 0.191 e. The van der Waals surface area contributed by atoms with Gasteiger partial charge in [0.05, 0.1) is 17.5 Å². The van der Waals surface area contributed by atoms with Gasteiger partial charge in [0.25, 0.3) is 0 Å². The second-order valence-corrected chi connectivity index (χ2v) is 4.55. The Morgan fingerprint density at radius 1 is 1.57 bits per heavy atom. The molecule has 0 bridgehead atoms. The molecule has 0 saturated heterocycles. The summed E-state index contributed by atoms with van der Waals surface area (Å²) in [5.41, 5.74) is 5.60. The fourth-order valence-electron chi connectivity index (χ4n) is 0.974. The van der Waals surface area contributed by atoms with E-state index in [0.29, 0.717) is 12.5 Å². The van der Waals surface area contributed by atoms with Gasteiger partial charge in [0, 0.05) is 13.6 Å². The Kier molecular flexibility index (Phi) is 4.42. The molecule has 1 unspecified atom stereocenters. The first-order valence-corrected chi connectivity index (χ1v) is 4.72. The number of nitrogens with zero attached hydrogens (tertiary/aromatic N) is 3. The van der Waals surface area contributed by atoms with E-state index in [2.05, 4.69) is 11.1 Å². The zero-order valence-electron chi connectivity index (χ0n) is 9.70. The molecule has 0 aromatic heterocycles. The van der Waals surface area contributed by atoms with Crippen molar-refractivity contribution in [1.82, 2.24) is 4.90 Å². The van der Waals surface area contributed by atoms with Crippen LogP contribution in [0.3, 0.4) is 0 Å². The van der Waals surface area contributed by atoms with Crippen LogP contribution in [-0.2, 0) is 0 Å². The smallest absolute Gasteiger partial charge is 0.191 e. The molecule has 0 aliphatic heterocycles. The summed E-state index contributed by atoms with van der Waals surface area (Å²) in [4.78, 5) is 6.11. The van der Waals surface area contributed by atoms with Crippen LogP contribution in [0.4, 0.5) is 0 Å². The van der Waals surface area contributed by atoms with E-state index in [-0.39, 0.29) is 11.5 Å². The monoisotopic (exact) mass is 196 g/mol. The standard InChI is InChI=1S/C10H20N4/c1-8(6-11)7-14(5)9(12)13-10(2,3)4/h8H,7H2,1-5H3,(H2,12,13). The summed E-state index contributed by atoms with van der Waals surface area (Å²) in [6.45, 7) is 8.44. The Bertz CT molecular complexity index is 244. The quantitative estimate of drug-likeness (QED) is 0.533. The zero-order chi connectivity index (χ0) is 11.4. The molecule has 0 aliphatic rings. The van der Waals surface area contributed by atoms with Crippen molar-refractivity contribution in [2.75, 3.05) is 13.6 Å². The fourth-order valence-corrected chi connectivity index (χ4v) is 0.974. The van der Waals surface area contributed by atoms with Crippen LogP contribution >= 0.6 is 0 Å². The Hall–Kier alpha value is -1.24. The maximum absolute atomic E-state index is 8.64. The van der Waals surface area contributed by atoms with Crippen molar-refractivity contribution in [3.63, 3.8) is 0 Å². The van der Waals surface area contributed by atoms with Crippen molar-refractivity contribution in [3.05, 3.63) is 0 Å². The summed E-state index contributed by atoms with van der Waals surface area (Å²) < 4.78 is 0. The third-order valence-electron chi connectivity index (χ3n) is 1.61. The number of nitriles is 1. The maximum atomic E-state index is 8.64. The Morgan fingerprint density at radius 3 is 2.43 bits per heavy atom. The lowest BCUT2D eigenvalue weighted by Crippen LogP contribution is -2.38. The summed E-state index contributed by atoms with van der Waals surface area (Å²) in [6, 6.07) is 2.16. The van der Waals surface area contributed by atoms with Gasteiger partial charge in [-0.05, 0) is 27.7 Å². The van der Waals surface area contributed by atoms with Gasteiger partial charge in [0.2, 0.25) is 0 Å². The molecule has 14 heavy (non-hydrogen) atoms. The van der Waals surface area contributed by atoms with Gasteiger partial charge in [-0.3, -0.25) is 0 Å². The number of guanidine groups is 1. The minimum Gasteiger partial charge on any atom is -0.370 e. The Morgan fingerprint density at radius 2 is 2.07 bits per heavy atom. The summed E-state index contributed by atoms with van der Waals surface area (Å²) >= 11 is 0.